The van der Waals surface area contributed by atoms with Crippen molar-refractivity contribution in [1.82, 2.24) is 9.80 Å². The van der Waals surface area contributed by atoms with Gasteiger partial charge in [-0.05, 0) is 30.5 Å². The van der Waals surface area contributed by atoms with Crippen LogP contribution in [0, 0.1) is 6.92 Å². The molecule has 2 heterocycles. The lowest BCUT2D eigenvalue weighted by Crippen LogP contribution is -2.48. The number of carbonyl (C=O) groups is 2. The van der Waals surface area contributed by atoms with Gasteiger partial charge < -0.3 is 10.2 Å². The van der Waals surface area contributed by atoms with Crippen LogP contribution in [0.25, 0.3) is 0 Å². The fourth-order valence-electron chi connectivity index (χ4n) is 2.93. The SMILES string of the molecule is Cc1ccc(NC(=O)CSCC(=O)N2CCN(Cc3cccs3)CC2)cc1. The number of thiophene rings is 1. The summed E-state index contributed by atoms with van der Waals surface area (Å²) < 4.78 is 0. The van der Waals surface area contributed by atoms with Gasteiger partial charge >= 0.3 is 0 Å². The normalized spacial score (nSPS) is 14.9. The highest BCUT2D eigenvalue weighted by atomic mass is 32.2. The van der Waals surface area contributed by atoms with E-state index >= 15 is 0 Å². The first-order chi connectivity index (χ1) is 13.1. The summed E-state index contributed by atoms with van der Waals surface area (Å²) in [5, 5.41) is 4.96. The van der Waals surface area contributed by atoms with Crippen LogP contribution in [0.4, 0.5) is 5.69 Å². The molecule has 1 saturated heterocycles. The number of thioether (sulfide) groups is 1. The molecule has 0 saturated carbocycles. The maximum atomic E-state index is 12.4. The number of anilines is 1. The van der Waals surface area contributed by atoms with Crippen LogP contribution in [0.5, 0.6) is 0 Å². The fourth-order valence-corrected chi connectivity index (χ4v) is 4.40. The summed E-state index contributed by atoms with van der Waals surface area (Å²) in [7, 11) is 0. The fraction of sp³-hybridized carbons (Fsp3) is 0.400. The molecule has 2 aromatic rings. The molecular formula is C20H25N3O2S2. The van der Waals surface area contributed by atoms with Crippen molar-refractivity contribution in [3.8, 4) is 0 Å². The maximum Gasteiger partial charge on any atom is 0.234 e. The largest absolute Gasteiger partial charge is 0.339 e. The summed E-state index contributed by atoms with van der Waals surface area (Å²) in [6.07, 6.45) is 0. The number of piperazine rings is 1. The van der Waals surface area contributed by atoms with E-state index in [0.29, 0.717) is 5.75 Å². The lowest BCUT2D eigenvalue weighted by atomic mass is 10.2. The Morgan fingerprint density at radius 3 is 2.48 bits per heavy atom. The second-order valence-corrected chi connectivity index (χ2v) is 8.66. The van der Waals surface area contributed by atoms with Crippen LogP contribution in [0.15, 0.2) is 41.8 Å². The zero-order valence-corrected chi connectivity index (χ0v) is 17.2. The molecule has 144 valence electrons. The van der Waals surface area contributed by atoms with E-state index in [1.165, 1.54) is 16.6 Å². The van der Waals surface area contributed by atoms with Crippen molar-refractivity contribution in [2.75, 3.05) is 43.0 Å². The Hall–Kier alpha value is -1.83. The zero-order valence-electron chi connectivity index (χ0n) is 15.5. The van der Waals surface area contributed by atoms with E-state index < -0.39 is 0 Å². The summed E-state index contributed by atoms with van der Waals surface area (Å²) in [5.74, 6) is 0.695. The number of benzene rings is 1. The minimum absolute atomic E-state index is 0.0718. The van der Waals surface area contributed by atoms with Crippen molar-refractivity contribution in [3.63, 3.8) is 0 Å². The van der Waals surface area contributed by atoms with E-state index in [9.17, 15) is 9.59 Å². The monoisotopic (exact) mass is 403 g/mol. The molecule has 0 unspecified atom stereocenters. The van der Waals surface area contributed by atoms with Gasteiger partial charge in [-0.25, -0.2) is 0 Å². The molecular weight excluding hydrogens is 378 g/mol. The molecule has 0 spiro atoms. The average Bonchev–Trinajstić information content (AvgIpc) is 3.17. The smallest absolute Gasteiger partial charge is 0.234 e. The van der Waals surface area contributed by atoms with Gasteiger partial charge in [-0.3, -0.25) is 14.5 Å². The third-order valence-electron chi connectivity index (χ3n) is 4.48. The number of aryl methyl sites for hydroxylation is 1. The Morgan fingerprint density at radius 1 is 1.07 bits per heavy atom. The van der Waals surface area contributed by atoms with Crippen LogP contribution in [0.2, 0.25) is 0 Å². The average molecular weight is 404 g/mol. The van der Waals surface area contributed by atoms with Crippen LogP contribution >= 0.6 is 23.1 Å². The molecule has 0 bridgehead atoms. The summed E-state index contributed by atoms with van der Waals surface area (Å²) in [6.45, 7) is 6.31. The van der Waals surface area contributed by atoms with Crippen LogP contribution in [-0.4, -0.2) is 59.3 Å². The van der Waals surface area contributed by atoms with E-state index in [1.807, 2.05) is 36.1 Å². The summed E-state index contributed by atoms with van der Waals surface area (Å²) in [5.41, 5.74) is 1.95. The van der Waals surface area contributed by atoms with E-state index in [4.69, 9.17) is 0 Å². The number of hydrogen-bond donors (Lipinski definition) is 1. The van der Waals surface area contributed by atoms with Crippen molar-refractivity contribution in [2.24, 2.45) is 0 Å². The minimum atomic E-state index is -0.0718. The van der Waals surface area contributed by atoms with Crippen LogP contribution < -0.4 is 5.32 Å². The molecule has 5 nitrogen and oxygen atoms in total. The molecule has 1 N–H and O–H groups in total. The molecule has 0 atom stereocenters. The molecule has 2 amide bonds. The van der Waals surface area contributed by atoms with Gasteiger partial charge in [0.25, 0.3) is 0 Å². The number of hydrogen-bond acceptors (Lipinski definition) is 5. The molecule has 1 aliphatic rings. The van der Waals surface area contributed by atoms with Gasteiger partial charge in [-0.15, -0.1) is 23.1 Å². The number of nitrogens with zero attached hydrogens (tertiary/aromatic N) is 2. The van der Waals surface area contributed by atoms with Crippen molar-refractivity contribution in [1.29, 1.82) is 0 Å². The molecule has 3 rings (SSSR count). The Labute approximate surface area is 168 Å². The van der Waals surface area contributed by atoms with Gasteiger partial charge in [0.15, 0.2) is 0 Å². The predicted octanol–water partition coefficient (Wildman–Crippen LogP) is 3.07. The third kappa shape index (κ3) is 6.37. The molecule has 1 aromatic heterocycles. The number of nitrogens with one attached hydrogen (secondary N) is 1. The standard InChI is InChI=1S/C20H25N3O2S2/c1-16-4-6-17(7-5-16)21-19(24)14-26-15-20(25)23-10-8-22(9-11-23)13-18-3-2-12-27-18/h2-7,12H,8-11,13-15H2,1H3,(H,21,24). The lowest BCUT2D eigenvalue weighted by molar-refractivity contribution is -0.130. The van der Waals surface area contributed by atoms with E-state index in [-0.39, 0.29) is 17.6 Å². The Bertz CT molecular complexity index is 739. The van der Waals surface area contributed by atoms with Crippen LogP contribution in [0.3, 0.4) is 0 Å². The van der Waals surface area contributed by atoms with Gasteiger partial charge in [-0.1, -0.05) is 23.8 Å². The zero-order chi connectivity index (χ0) is 19.1. The van der Waals surface area contributed by atoms with Gasteiger partial charge in [-0.2, -0.15) is 0 Å². The van der Waals surface area contributed by atoms with Crippen molar-refractivity contribution in [2.45, 2.75) is 13.5 Å². The quantitative estimate of drug-likeness (QED) is 0.772. The van der Waals surface area contributed by atoms with Crippen molar-refractivity contribution >= 4 is 40.6 Å². The predicted molar refractivity (Wildman–Crippen MR) is 113 cm³/mol. The highest BCUT2D eigenvalue weighted by Gasteiger charge is 2.21. The molecule has 27 heavy (non-hydrogen) atoms. The van der Waals surface area contributed by atoms with Crippen molar-refractivity contribution in [3.05, 3.63) is 52.2 Å². The first-order valence-electron chi connectivity index (χ1n) is 9.07. The maximum absolute atomic E-state index is 12.4. The topological polar surface area (TPSA) is 52.7 Å². The van der Waals surface area contributed by atoms with Crippen molar-refractivity contribution < 1.29 is 9.59 Å². The number of rotatable bonds is 7. The minimum Gasteiger partial charge on any atom is -0.339 e. The van der Waals surface area contributed by atoms with Gasteiger partial charge in [0, 0.05) is 43.3 Å². The highest BCUT2D eigenvalue weighted by molar-refractivity contribution is 8.00. The summed E-state index contributed by atoms with van der Waals surface area (Å²) in [6, 6.07) is 11.9. The molecule has 1 aliphatic heterocycles. The third-order valence-corrected chi connectivity index (χ3v) is 6.26. The van der Waals surface area contributed by atoms with E-state index in [0.717, 1.165) is 44.0 Å². The second-order valence-electron chi connectivity index (χ2n) is 6.64. The number of amides is 2. The van der Waals surface area contributed by atoms with E-state index in [1.54, 1.807) is 11.3 Å². The molecule has 0 radical (unpaired) electrons. The van der Waals surface area contributed by atoms with Crippen LogP contribution in [-0.2, 0) is 16.1 Å². The van der Waals surface area contributed by atoms with E-state index in [2.05, 4.69) is 27.7 Å². The molecule has 1 aromatic carbocycles. The molecule has 0 aliphatic carbocycles. The Balaban J connectivity index is 1.32. The number of carbonyl (C=O) groups excluding carboxylic acids is 2. The summed E-state index contributed by atoms with van der Waals surface area (Å²) >= 11 is 3.15. The van der Waals surface area contributed by atoms with Gasteiger partial charge in [0.05, 0.1) is 11.5 Å². The lowest BCUT2D eigenvalue weighted by Gasteiger charge is -2.34. The Morgan fingerprint density at radius 2 is 1.81 bits per heavy atom. The van der Waals surface area contributed by atoms with Gasteiger partial charge in [0.2, 0.25) is 11.8 Å². The van der Waals surface area contributed by atoms with Crippen LogP contribution in [0.1, 0.15) is 10.4 Å². The first kappa shape index (κ1) is 19.9. The molecule has 1 fully saturated rings. The molecule has 7 heteroatoms. The highest BCUT2D eigenvalue weighted by Crippen LogP contribution is 2.14. The second kappa shape index (κ2) is 9.92. The van der Waals surface area contributed by atoms with Gasteiger partial charge in [0.1, 0.15) is 0 Å². The Kier molecular flexibility index (Phi) is 7.32. The summed E-state index contributed by atoms with van der Waals surface area (Å²) in [4.78, 5) is 30.0. The first-order valence-corrected chi connectivity index (χ1v) is 11.1.